The van der Waals surface area contributed by atoms with Crippen LogP contribution in [0.25, 0.3) is 11.1 Å². The van der Waals surface area contributed by atoms with Gasteiger partial charge in [0.15, 0.2) is 6.29 Å². The van der Waals surface area contributed by atoms with E-state index in [2.05, 4.69) is 10.2 Å². The highest BCUT2D eigenvalue weighted by atomic mass is 16.7. The average Bonchev–Trinajstić information content (AvgIpc) is 3.70. The van der Waals surface area contributed by atoms with E-state index in [0.717, 1.165) is 51.9 Å². The minimum Gasteiger partial charge on any atom is -0.445 e. The van der Waals surface area contributed by atoms with Gasteiger partial charge in [0.05, 0.1) is 37.9 Å². The van der Waals surface area contributed by atoms with E-state index in [1.165, 1.54) is 4.90 Å². The van der Waals surface area contributed by atoms with Gasteiger partial charge in [-0.15, -0.1) is 0 Å². The van der Waals surface area contributed by atoms with E-state index in [9.17, 15) is 24.6 Å². The number of aliphatic hydroxyl groups excluding tert-OH is 2. The predicted molar refractivity (Wildman–Crippen MR) is 191 cm³/mol. The third-order valence-corrected chi connectivity index (χ3v) is 9.91. The van der Waals surface area contributed by atoms with Crippen molar-refractivity contribution < 1.29 is 38.8 Å². The quantitative estimate of drug-likeness (QED) is 0.184. The van der Waals surface area contributed by atoms with Crippen molar-refractivity contribution in [3.63, 3.8) is 0 Å². The van der Waals surface area contributed by atoms with Crippen LogP contribution in [0.4, 0.5) is 4.79 Å². The number of β-amino-alcohol motifs (C(OH)–C–C–N with tert-alkyl or cyclic N) is 1. The molecule has 3 aliphatic heterocycles. The van der Waals surface area contributed by atoms with Crippen LogP contribution in [-0.4, -0.2) is 75.8 Å². The monoisotopic (exact) mass is 705 g/mol. The molecule has 3 heterocycles. The Labute approximate surface area is 302 Å². The summed E-state index contributed by atoms with van der Waals surface area (Å²) in [6, 6.07) is 31.5. The number of hydrogen-bond acceptors (Lipinski definition) is 9. The number of aliphatic hydroxyl groups is 2. The molecule has 4 aromatic rings. The number of hydrogen-bond donors (Lipinski definition) is 3. The molecule has 270 valence electrons. The molecule has 4 aromatic carbocycles. The highest BCUT2D eigenvalue weighted by molar-refractivity contribution is 6.06. The molecule has 0 aliphatic carbocycles. The Morgan fingerprint density at radius 2 is 1.60 bits per heavy atom. The summed E-state index contributed by atoms with van der Waals surface area (Å²) in [6.07, 6.45) is -0.757. The zero-order chi connectivity index (χ0) is 36.0. The molecule has 1 unspecified atom stereocenters. The summed E-state index contributed by atoms with van der Waals surface area (Å²) >= 11 is 0. The number of carbonyl (C=O) groups is 3. The number of amides is 3. The highest BCUT2D eigenvalue weighted by Gasteiger charge is 2.40. The van der Waals surface area contributed by atoms with Gasteiger partial charge >= 0.3 is 6.09 Å². The van der Waals surface area contributed by atoms with Crippen molar-refractivity contribution in [1.82, 2.24) is 15.1 Å². The molecule has 3 amide bonds. The van der Waals surface area contributed by atoms with Gasteiger partial charge in [-0.05, 0) is 39.8 Å². The van der Waals surface area contributed by atoms with Gasteiger partial charge in [-0.25, -0.2) is 4.79 Å². The van der Waals surface area contributed by atoms with Crippen LogP contribution in [0.15, 0.2) is 103 Å². The molecular formula is C41H43N3O8. The molecular weight excluding hydrogens is 662 g/mol. The Balaban J connectivity index is 1.03. The third kappa shape index (κ3) is 8.41. The third-order valence-electron chi connectivity index (χ3n) is 9.91. The van der Waals surface area contributed by atoms with E-state index in [1.807, 2.05) is 103 Å². The van der Waals surface area contributed by atoms with Crippen molar-refractivity contribution in [1.29, 1.82) is 0 Å². The zero-order valence-corrected chi connectivity index (χ0v) is 28.8. The smallest absolute Gasteiger partial charge is 0.408 e. The number of alkyl carbamates (subject to hydrolysis) is 1. The van der Waals surface area contributed by atoms with Crippen LogP contribution < -0.4 is 5.32 Å². The molecule has 3 fully saturated rings. The lowest BCUT2D eigenvalue weighted by atomic mass is 9.97. The van der Waals surface area contributed by atoms with E-state index >= 15 is 0 Å². The summed E-state index contributed by atoms with van der Waals surface area (Å²) in [7, 11) is 0. The minimum absolute atomic E-state index is 0.0265. The summed E-state index contributed by atoms with van der Waals surface area (Å²) in [5.41, 5.74) is 6.05. The maximum Gasteiger partial charge on any atom is 0.408 e. The number of nitrogens with zero attached hydrogens (tertiary/aromatic N) is 2. The van der Waals surface area contributed by atoms with Crippen LogP contribution >= 0.6 is 0 Å². The summed E-state index contributed by atoms with van der Waals surface area (Å²) in [5, 5.41) is 22.2. The second kappa shape index (κ2) is 16.2. The molecule has 0 bridgehead atoms. The van der Waals surface area contributed by atoms with Crippen molar-refractivity contribution >= 4 is 17.9 Å². The fourth-order valence-electron chi connectivity index (χ4n) is 7.10. The molecule has 11 heteroatoms. The lowest BCUT2D eigenvalue weighted by Crippen LogP contribution is -2.41. The molecule has 0 spiro atoms. The van der Waals surface area contributed by atoms with Gasteiger partial charge in [-0.3, -0.25) is 19.4 Å². The Hall–Kier alpha value is -4.91. The lowest BCUT2D eigenvalue weighted by molar-refractivity contribution is -0.252. The number of ether oxygens (including phenoxy) is 3. The van der Waals surface area contributed by atoms with Crippen molar-refractivity contribution in [2.75, 3.05) is 19.6 Å². The molecule has 3 N–H and O–H groups in total. The van der Waals surface area contributed by atoms with Crippen molar-refractivity contribution in [3.8, 4) is 11.1 Å². The van der Waals surface area contributed by atoms with Gasteiger partial charge in [0.2, 0.25) is 5.91 Å². The number of imide groups is 1. The Kier molecular flexibility index (Phi) is 11.0. The molecule has 5 atom stereocenters. The average molecular weight is 706 g/mol. The van der Waals surface area contributed by atoms with E-state index in [4.69, 9.17) is 14.2 Å². The molecule has 3 aliphatic rings. The number of likely N-dealkylation sites (tertiary alicyclic amines) is 2. The van der Waals surface area contributed by atoms with Crippen LogP contribution in [0.3, 0.4) is 0 Å². The Morgan fingerprint density at radius 1 is 0.865 bits per heavy atom. The van der Waals surface area contributed by atoms with Gasteiger partial charge < -0.3 is 29.7 Å². The SMILES string of the molecule is O=C(NC1CC(=O)N(Cc2ccccc2-c2ccc([C@H]3O[C@@H](CN4CC[C@H](O)C4)C[C@@H](c4ccc(CO)cc4)O3)cc2)C1=O)OCc1ccccc1. The van der Waals surface area contributed by atoms with Gasteiger partial charge in [0.25, 0.3) is 5.91 Å². The van der Waals surface area contributed by atoms with Gasteiger partial charge in [0.1, 0.15) is 12.6 Å². The van der Waals surface area contributed by atoms with Crippen LogP contribution in [0.5, 0.6) is 0 Å². The molecule has 0 radical (unpaired) electrons. The number of carbonyl (C=O) groups excluding carboxylic acids is 3. The van der Waals surface area contributed by atoms with Gasteiger partial charge in [-0.1, -0.05) is 103 Å². The van der Waals surface area contributed by atoms with Crippen molar-refractivity contribution in [2.45, 2.75) is 69.7 Å². The summed E-state index contributed by atoms with van der Waals surface area (Å²) < 4.78 is 18.3. The Morgan fingerprint density at radius 3 is 2.33 bits per heavy atom. The van der Waals surface area contributed by atoms with E-state index < -0.39 is 24.3 Å². The van der Waals surface area contributed by atoms with Crippen LogP contribution in [0.1, 0.15) is 59.5 Å². The first kappa shape index (κ1) is 35.5. The van der Waals surface area contributed by atoms with E-state index in [0.29, 0.717) is 19.5 Å². The second-order valence-corrected chi connectivity index (χ2v) is 13.6. The fourth-order valence-corrected chi connectivity index (χ4v) is 7.10. The van der Waals surface area contributed by atoms with Gasteiger partial charge in [-0.2, -0.15) is 0 Å². The van der Waals surface area contributed by atoms with Crippen molar-refractivity contribution in [3.05, 3.63) is 131 Å². The van der Waals surface area contributed by atoms with Crippen molar-refractivity contribution in [2.24, 2.45) is 0 Å². The largest absolute Gasteiger partial charge is 0.445 e. The van der Waals surface area contributed by atoms with Crippen LogP contribution in [0, 0.1) is 0 Å². The molecule has 52 heavy (non-hydrogen) atoms. The second-order valence-electron chi connectivity index (χ2n) is 13.6. The Bertz CT molecular complexity index is 1850. The fraction of sp³-hybridized carbons (Fsp3) is 0.341. The molecule has 7 rings (SSSR count). The molecule has 0 aromatic heterocycles. The summed E-state index contributed by atoms with van der Waals surface area (Å²) in [5.74, 6) is -0.842. The first-order chi connectivity index (χ1) is 25.3. The first-order valence-corrected chi connectivity index (χ1v) is 17.7. The van der Waals surface area contributed by atoms with Crippen LogP contribution in [0.2, 0.25) is 0 Å². The number of nitrogens with one attached hydrogen (secondary N) is 1. The van der Waals surface area contributed by atoms with Gasteiger partial charge in [0, 0.05) is 31.6 Å². The first-order valence-electron chi connectivity index (χ1n) is 17.7. The lowest BCUT2D eigenvalue weighted by Gasteiger charge is -2.38. The van der Waals surface area contributed by atoms with E-state index in [1.54, 1.807) is 0 Å². The number of rotatable bonds is 11. The topological polar surface area (TPSA) is 138 Å². The molecule has 0 saturated carbocycles. The standard InChI is InChI=1S/C41H43N3O8/c45-25-27-10-12-30(13-11-27)37-20-34(24-43-19-18-33(46)23-43)51-40(52-37)31-16-14-29(15-17-31)35-9-5-4-8-32(35)22-44-38(47)21-36(39(44)48)42-41(49)50-26-28-6-2-1-3-7-28/h1-17,33-34,36-37,40,45-46H,18-26H2,(H,42,49)/t33-,34+,36?,37-,40-/m0/s1. The highest BCUT2D eigenvalue weighted by Crippen LogP contribution is 2.39. The van der Waals surface area contributed by atoms with Crippen LogP contribution in [-0.2, 0) is 43.6 Å². The van der Waals surface area contributed by atoms with E-state index in [-0.39, 0.29) is 50.4 Å². The number of benzene rings is 4. The normalized spacial score (nSPS) is 23.6. The predicted octanol–water partition coefficient (Wildman–Crippen LogP) is 5.01. The summed E-state index contributed by atoms with van der Waals surface area (Å²) in [6.45, 7) is 2.23. The summed E-state index contributed by atoms with van der Waals surface area (Å²) in [4.78, 5) is 42.1. The maximum absolute atomic E-state index is 13.3. The zero-order valence-electron chi connectivity index (χ0n) is 28.8. The minimum atomic E-state index is -0.992. The molecule has 3 saturated heterocycles. The maximum atomic E-state index is 13.3. The molecule has 11 nitrogen and oxygen atoms in total.